The van der Waals surface area contributed by atoms with Gasteiger partial charge in [0.25, 0.3) is 0 Å². The van der Waals surface area contributed by atoms with Gasteiger partial charge in [0.15, 0.2) is 0 Å². The van der Waals surface area contributed by atoms with Gasteiger partial charge in [-0.1, -0.05) is 13.8 Å². The first-order valence-electron chi connectivity index (χ1n) is 6.83. The first-order valence-corrected chi connectivity index (χ1v) is 6.83. The average Bonchev–Trinajstić information content (AvgIpc) is 2.89. The highest BCUT2D eigenvalue weighted by atomic mass is 16.4. The third-order valence-electron chi connectivity index (χ3n) is 3.61. The second-order valence-corrected chi connectivity index (χ2v) is 5.52. The van der Waals surface area contributed by atoms with Crippen molar-refractivity contribution >= 4 is 17.6 Å². The van der Waals surface area contributed by atoms with Crippen molar-refractivity contribution in [3.8, 4) is 0 Å². The Bertz CT molecular complexity index is 499. The van der Waals surface area contributed by atoms with Crippen LogP contribution in [0.25, 0.3) is 0 Å². The number of carbonyl (C=O) groups excluding carboxylic acids is 1. The van der Waals surface area contributed by atoms with Crippen LogP contribution in [0.4, 0.5) is 5.69 Å². The Morgan fingerprint density at radius 1 is 1.25 bits per heavy atom. The van der Waals surface area contributed by atoms with Crippen LogP contribution in [0.3, 0.4) is 0 Å². The van der Waals surface area contributed by atoms with Crippen molar-refractivity contribution in [2.24, 2.45) is 11.8 Å². The van der Waals surface area contributed by atoms with E-state index < -0.39 is 11.9 Å². The lowest BCUT2D eigenvalue weighted by Gasteiger charge is -2.11. The molecule has 108 valence electrons. The number of nitrogens with one attached hydrogen (secondary N) is 1. The minimum absolute atomic E-state index is 0.144. The van der Waals surface area contributed by atoms with Crippen LogP contribution in [0.5, 0.6) is 0 Å². The van der Waals surface area contributed by atoms with Crippen LogP contribution >= 0.6 is 0 Å². The van der Waals surface area contributed by atoms with Gasteiger partial charge in [0, 0.05) is 11.8 Å². The topological polar surface area (TPSA) is 92.2 Å². The first-order chi connectivity index (χ1) is 9.47. The molecular weight excluding hydrogens is 258 g/mol. The predicted molar refractivity (Wildman–Crippen MR) is 73.2 cm³/mol. The fourth-order valence-electron chi connectivity index (χ4n) is 2.39. The fraction of sp³-hybridized carbons (Fsp3) is 0.571. The lowest BCUT2D eigenvalue weighted by molar-refractivity contribution is -0.141. The predicted octanol–water partition coefficient (Wildman–Crippen LogP) is 2.04. The third kappa shape index (κ3) is 3.31. The number of aliphatic carboxylic acids is 1. The number of carboxylic acid groups (broad SMARTS) is 1. The number of hydrogen-bond donors (Lipinski definition) is 2. The van der Waals surface area contributed by atoms with Gasteiger partial charge < -0.3 is 10.4 Å². The zero-order valence-electron chi connectivity index (χ0n) is 11.7. The molecule has 0 saturated heterocycles. The standard InChI is InChI=1S/C14H19N3O3/c1-8(2)12-15-6-11(7-16-12)17-13(18)9-3-4-10(5-9)14(19)20/h6-10H,3-5H2,1-2H3,(H,17,18)(H,19,20)/t9-,10+/m1/s1. The maximum Gasteiger partial charge on any atom is 0.306 e. The van der Waals surface area contributed by atoms with E-state index in [4.69, 9.17) is 5.11 Å². The second kappa shape index (κ2) is 5.98. The van der Waals surface area contributed by atoms with E-state index >= 15 is 0 Å². The zero-order chi connectivity index (χ0) is 14.7. The minimum atomic E-state index is -0.815. The molecule has 6 heteroatoms. The largest absolute Gasteiger partial charge is 0.481 e. The molecule has 6 nitrogen and oxygen atoms in total. The molecule has 0 spiro atoms. The summed E-state index contributed by atoms with van der Waals surface area (Å²) in [5.74, 6) is -0.619. The van der Waals surface area contributed by atoms with Crippen molar-refractivity contribution in [1.82, 2.24) is 9.97 Å². The van der Waals surface area contributed by atoms with Crippen LogP contribution in [0.15, 0.2) is 12.4 Å². The van der Waals surface area contributed by atoms with Gasteiger partial charge in [-0.05, 0) is 19.3 Å². The van der Waals surface area contributed by atoms with Crippen molar-refractivity contribution in [3.05, 3.63) is 18.2 Å². The normalized spacial score (nSPS) is 21.9. The van der Waals surface area contributed by atoms with E-state index in [1.54, 1.807) is 12.4 Å². The summed E-state index contributed by atoms with van der Waals surface area (Å²) in [7, 11) is 0. The second-order valence-electron chi connectivity index (χ2n) is 5.52. The molecule has 0 bridgehead atoms. The van der Waals surface area contributed by atoms with Crippen LogP contribution in [-0.4, -0.2) is 27.0 Å². The first kappa shape index (κ1) is 14.4. The zero-order valence-corrected chi connectivity index (χ0v) is 11.7. The summed E-state index contributed by atoms with van der Waals surface area (Å²) in [4.78, 5) is 31.3. The monoisotopic (exact) mass is 277 g/mol. The summed E-state index contributed by atoms with van der Waals surface area (Å²) >= 11 is 0. The van der Waals surface area contributed by atoms with E-state index in [1.807, 2.05) is 13.8 Å². The molecule has 0 aliphatic heterocycles. The van der Waals surface area contributed by atoms with Crippen LogP contribution in [0, 0.1) is 11.8 Å². The number of carboxylic acids is 1. The van der Waals surface area contributed by atoms with Gasteiger partial charge in [-0.3, -0.25) is 9.59 Å². The number of hydrogen-bond acceptors (Lipinski definition) is 4. The van der Waals surface area contributed by atoms with E-state index in [1.165, 1.54) is 0 Å². The minimum Gasteiger partial charge on any atom is -0.481 e. The molecule has 2 rings (SSSR count). The smallest absolute Gasteiger partial charge is 0.306 e. The van der Waals surface area contributed by atoms with Gasteiger partial charge in [0.1, 0.15) is 5.82 Å². The maximum absolute atomic E-state index is 12.0. The Kier molecular flexibility index (Phi) is 4.32. The molecule has 1 aliphatic carbocycles. The summed E-state index contributed by atoms with van der Waals surface area (Å²) in [5, 5.41) is 11.7. The Balaban J connectivity index is 1.93. The van der Waals surface area contributed by atoms with E-state index in [0.717, 1.165) is 5.82 Å². The van der Waals surface area contributed by atoms with Gasteiger partial charge >= 0.3 is 5.97 Å². The summed E-state index contributed by atoms with van der Waals surface area (Å²) in [6, 6.07) is 0. The van der Waals surface area contributed by atoms with E-state index in [2.05, 4.69) is 15.3 Å². The maximum atomic E-state index is 12.0. The van der Waals surface area contributed by atoms with E-state index in [9.17, 15) is 9.59 Å². The lowest BCUT2D eigenvalue weighted by atomic mass is 10.0. The van der Waals surface area contributed by atoms with Gasteiger partial charge in [-0.2, -0.15) is 0 Å². The summed E-state index contributed by atoms with van der Waals surface area (Å²) in [5.41, 5.74) is 0.554. The molecule has 20 heavy (non-hydrogen) atoms. The quantitative estimate of drug-likeness (QED) is 0.878. The van der Waals surface area contributed by atoms with Crippen molar-refractivity contribution < 1.29 is 14.7 Å². The molecule has 2 atom stereocenters. The molecule has 1 saturated carbocycles. The number of aromatic nitrogens is 2. The summed E-state index contributed by atoms with van der Waals surface area (Å²) in [6.45, 7) is 4.00. The number of rotatable bonds is 4. The van der Waals surface area contributed by atoms with Crippen LogP contribution in [-0.2, 0) is 9.59 Å². The lowest BCUT2D eigenvalue weighted by Crippen LogP contribution is -2.22. The van der Waals surface area contributed by atoms with Gasteiger partial charge in [-0.25, -0.2) is 9.97 Å². The molecule has 2 N–H and O–H groups in total. The van der Waals surface area contributed by atoms with Gasteiger partial charge in [0.2, 0.25) is 5.91 Å². The van der Waals surface area contributed by atoms with Crippen LogP contribution in [0.2, 0.25) is 0 Å². The van der Waals surface area contributed by atoms with Gasteiger partial charge in [0.05, 0.1) is 24.0 Å². The molecule has 0 radical (unpaired) electrons. The molecule has 0 unspecified atom stereocenters. The fourth-order valence-corrected chi connectivity index (χ4v) is 2.39. The molecule has 1 aliphatic rings. The summed E-state index contributed by atoms with van der Waals surface area (Å²) < 4.78 is 0. The molecule has 1 heterocycles. The average molecular weight is 277 g/mol. The highest BCUT2D eigenvalue weighted by Crippen LogP contribution is 2.31. The number of nitrogens with zero attached hydrogens (tertiary/aromatic N) is 2. The van der Waals surface area contributed by atoms with E-state index in [0.29, 0.717) is 24.9 Å². The van der Waals surface area contributed by atoms with Crippen LogP contribution < -0.4 is 5.32 Å². The molecule has 1 aromatic heterocycles. The molecule has 1 fully saturated rings. The van der Waals surface area contributed by atoms with Crippen LogP contribution in [0.1, 0.15) is 44.9 Å². The molecular formula is C14H19N3O3. The Morgan fingerprint density at radius 2 is 1.85 bits per heavy atom. The number of carbonyl (C=O) groups is 2. The highest BCUT2D eigenvalue weighted by molar-refractivity contribution is 5.92. The molecule has 1 amide bonds. The van der Waals surface area contributed by atoms with Gasteiger partial charge in [-0.15, -0.1) is 0 Å². The van der Waals surface area contributed by atoms with Crippen molar-refractivity contribution in [3.63, 3.8) is 0 Å². The highest BCUT2D eigenvalue weighted by Gasteiger charge is 2.33. The van der Waals surface area contributed by atoms with Crippen molar-refractivity contribution in [2.45, 2.75) is 39.0 Å². The Morgan fingerprint density at radius 3 is 2.35 bits per heavy atom. The Hall–Kier alpha value is -1.98. The Labute approximate surface area is 117 Å². The van der Waals surface area contributed by atoms with Crippen molar-refractivity contribution in [1.29, 1.82) is 0 Å². The van der Waals surface area contributed by atoms with E-state index in [-0.39, 0.29) is 17.7 Å². The molecule has 1 aromatic rings. The molecule has 0 aromatic carbocycles. The van der Waals surface area contributed by atoms with Crippen molar-refractivity contribution in [2.75, 3.05) is 5.32 Å². The number of amides is 1. The SMILES string of the molecule is CC(C)c1ncc(NC(=O)[C@@H]2CC[C@H](C(=O)O)C2)cn1. The summed E-state index contributed by atoms with van der Waals surface area (Å²) in [6.07, 6.45) is 4.77. The third-order valence-corrected chi connectivity index (χ3v) is 3.61. The number of anilines is 1.